The van der Waals surface area contributed by atoms with Crippen molar-refractivity contribution < 1.29 is 4.39 Å². The molecule has 5 nitrogen and oxygen atoms in total. The van der Waals surface area contributed by atoms with Crippen molar-refractivity contribution in [3.63, 3.8) is 0 Å². The number of anilines is 3. The molecular weight excluding hydrogens is 245 g/mol. The van der Waals surface area contributed by atoms with Crippen molar-refractivity contribution in [2.75, 3.05) is 35.6 Å². The lowest BCUT2D eigenvalue weighted by atomic mass is 10.1. The number of hydrogen-bond donors (Lipinski definition) is 2. The molecule has 0 radical (unpaired) electrons. The van der Waals surface area contributed by atoms with Crippen LogP contribution in [0.25, 0.3) is 0 Å². The first kappa shape index (κ1) is 13.8. The van der Waals surface area contributed by atoms with Gasteiger partial charge in [0.25, 0.3) is 0 Å². The molecule has 0 aliphatic carbocycles. The van der Waals surface area contributed by atoms with Gasteiger partial charge in [-0.2, -0.15) is 9.97 Å². The van der Waals surface area contributed by atoms with Crippen LogP contribution in [-0.4, -0.2) is 35.8 Å². The standard InChI is InChI=1S/C13H22FN5/c1-2-3-6-16-11-8-12(18-13(15)17-11)19-7-4-5-10(14)9-19/h8,10H,2-7,9H2,1H3,(H3,15,16,17,18). The van der Waals surface area contributed by atoms with Gasteiger partial charge in [0.05, 0.1) is 6.54 Å². The second-order valence-corrected chi connectivity index (χ2v) is 4.94. The number of hydrogen-bond acceptors (Lipinski definition) is 5. The zero-order valence-electron chi connectivity index (χ0n) is 11.4. The highest BCUT2D eigenvalue weighted by Crippen LogP contribution is 2.22. The number of rotatable bonds is 5. The molecule has 1 aliphatic rings. The van der Waals surface area contributed by atoms with Crippen LogP contribution in [0.1, 0.15) is 32.6 Å². The number of nitrogens with two attached hydrogens (primary N) is 1. The van der Waals surface area contributed by atoms with Crippen molar-refractivity contribution >= 4 is 17.6 Å². The largest absolute Gasteiger partial charge is 0.370 e. The molecule has 19 heavy (non-hydrogen) atoms. The van der Waals surface area contributed by atoms with E-state index >= 15 is 0 Å². The second kappa shape index (κ2) is 6.54. The minimum Gasteiger partial charge on any atom is -0.370 e. The SMILES string of the molecule is CCCCNc1cc(N2CCCC(F)C2)nc(N)n1. The van der Waals surface area contributed by atoms with E-state index in [2.05, 4.69) is 22.2 Å². The fourth-order valence-corrected chi connectivity index (χ4v) is 2.23. The molecule has 2 heterocycles. The number of piperidine rings is 1. The third-order valence-electron chi connectivity index (χ3n) is 3.25. The Labute approximate surface area is 113 Å². The zero-order valence-corrected chi connectivity index (χ0v) is 11.4. The summed E-state index contributed by atoms with van der Waals surface area (Å²) in [5.41, 5.74) is 5.72. The van der Waals surface area contributed by atoms with Crippen LogP contribution in [0.3, 0.4) is 0 Å². The lowest BCUT2D eigenvalue weighted by molar-refractivity contribution is 0.286. The van der Waals surface area contributed by atoms with Crippen molar-refractivity contribution in [3.05, 3.63) is 6.07 Å². The Morgan fingerprint density at radius 2 is 2.37 bits per heavy atom. The van der Waals surface area contributed by atoms with E-state index in [4.69, 9.17) is 5.73 Å². The maximum atomic E-state index is 13.4. The highest BCUT2D eigenvalue weighted by Gasteiger charge is 2.21. The topological polar surface area (TPSA) is 67.1 Å². The lowest BCUT2D eigenvalue weighted by Crippen LogP contribution is -2.37. The first-order chi connectivity index (χ1) is 9.19. The summed E-state index contributed by atoms with van der Waals surface area (Å²) in [4.78, 5) is 10.3. The van der Waals surface area contributed by atoms with Crippen LogP contribution in [0.15, 0.2) is 6.07 Å². The average Bonchev–Trinajstić information content (AvgIpc) is 2.38. The van der Waals surface area contributed by atoms with Crippen molar-refractivity contribution in [3.8, 4) is 0 Å². The van der Waals surface area contributed by atoms with Crippen molar-refractivity contribution in [2.45, 2.75) is 38.8 Å². The Morgan fingerprint density at radius 3 is 3.11 bits per heavy atom. The molecule has 0 saturated carbocycles. The van der Waals surface area contributed by atoms with Crippen LogP contribution in [0.4, 0.5) is 22.0 Å². The molecule has 0 bridgehead atoms. The predicted molar refractivity (Wildman–Crippen MR) is 76.2 cm³/mol. The van der Waals surface area contributed by atoms with Gasteiger partial charge in [-0.25, -0.2) is 4.39 Å². The van der Waals surface area contributed by atoms with E-state index in [1.807, 2.05) is 11.0 Å². The predicted octanol–water partition coefficient (Wildman–Crippen LogP) is 2.21. The van der Waals surface area contributed by atoms with Gasteiger partial charge in [0.2, 0.25) is 5.95 Å². The molecule has 0 aromatic carbocycles. The Bertz CT molecular complexity index is 412. The van der Waals surface area contributed by atoms with Gasteiger partial charge in [0.15, 0.2) is 0 Å². The number of nitrogen functional groups attached to an aromatic ring is 1. The van der Waals surface area contributed by atoms with Crippen LogP contribution in [0.2, 0.25) is 0 Å². The molecule has 3 N–H and O–H groups in total. The van der Waals surface area contributed by atoms with Gasteiger partial charge in [-0.3, -0.25) is 0 Å². The number of nitrogens with zero attached hydrogens (tertiary/aromatic N) is 3. The molecule has 2 rings (SSSR count). The smallest absolute Gasteiger partial charge is 0.223 e. The molecule has 6 heteroatoms. The third-order valence-corrected chi connectivity index (χ3v) is 3.25. The summed E-state index contributed by atoms with van der Waals surface area (Å²) in [6.45, 7) is 4.21. The summed E-state index contributed by atoms with van der Waals surface area (Å²) >= 11 is 0. The Hall–Kier alpha value is -1.59. The van der Waals surface area contributed by atoms with Crippen LogP contribution in [0.5, 0.6) is 0 Å². The maximum Gasteiger partial charge on any atom is 0.223 e. The molecule has 1 aromatic heterocycles. The van der Waals surface area contributed by atoms with Crippen LogP contribution in [0, 0.1) is 0 Å². The summed E-state index contributed by atoms with van der Waals surface area (Å²) in [7, 11) is 0. The van der Waals surface area contributed by atoms with E-state index in [9.17, 15) is 4.39 Å². The second-order valence-electron chi connectivity index (χ2n) is 4.94. The molecule has 1 atom stereocenters. The van der Waals surface area contributed by atoms with Gasteiger partial charge in [-0.15, -0.1) is 0 Å². The van der Waals surface area contributed by atoms with E-state index in [0.29, 0.717) is 18.8 Å². The van der Waals surface area contributed by atoms with Gasteiger partial charge in [-0.05, 0) is 19.3 Å². The van der Waals surface area contributed by atoms with Crippen LogP contribution >= 0.6 is 0 Å². The number of unbranched alkanes of at least 4 members (excludes halogenated alkanes) is 1. The number of aromatic nitrogens is 2. The molecule has 1 aromatic rings. The minimum absolute atomic E-state index is 0.234. The summed E-state index contributed by atoms with van der Waals surface area (Å²) in [5, 5.41) is 3.23. The molecule has 106 valence electrons. The molecular formula is C13H22FN5. The van der Waals surface area contributed by atoms with Crippen molar-refractivity contribution in [1.29, 1.82) is 0 Å². The molecule has 1 fully saturated rings. The van der Waals surface area contributed by atoms with Crippen molar-refractivity contribution in [2.24, 2.45) is 0 Å². The van der Waals surface area contributed by atoms with Gasteiger partial charge in [0, 0.05) is 19.2 Å². The van der Waals surface area contributed by atoms with Gasteiger partial charge in [-0.1, -0.05) is 13.3 Å². The van der Waals surface area contributed by atoms with E-state index in [-0.39, 0.29) is 5.95 Å². The molecule has 1 aliphatic heterocycles. The van der Waals surface area contributed by atoms with Crippen LogP contribution < -0.4 is 16.0 Å². The normalized spacial score (nSPS) is 19.5. The first-order valence-corrected chi connectivity index (χ1v) is 6.96. The zero-order chi connectivity index (χ0) is 13.7. The van der Waals surface area contributed by atoms with Gasteiger partial charge < -0.3 is 16.0 Å². The summed E-state index contributed by atoms with van der Waals surface area (Å²) < 4.78 is 13.4. The monoisotopic (exact) mass is 267 g/mol. The van der Waals surface area contributed by atoms with E-state index in [1.165, 1.54) is 0 Å². The Morgan fingerprint density at radius 1 is 1.53 bits per heavy atom. The van der Waals surface area contributed by atoms with Gasteiger partial charge >= 0.3 is 0 Å². The summed E-state index contributed by atoms with van der Waals surface area (Å²) in [6.07, 6.45) is 2.91. The molecule has 1 unspecified atom stereocenters. The highest BCUT2D eigenvalue weighted by atomic mass is 19.1. The summed E-state index contributed by atoms with van der Waals surface area (Å²) in [5.74, 6) is 1.67. The molecule has 1 saturated heterocycles. The van der Waals surface area contributed by atoms with Gasteiger partial charge in [0.1, 0.15) is 17.8 Å². The number of halogens is 1. The Balaban J connectivity index is 2.07. The molecule has 0 amide bonds. The number of alkyl halides is 1. The Kier molecular flexibility index (Phi) is 4.76. The number of nitrogens with one attached hydrogen (secondary N) is 1. The highest BCUT2D eigenvalue weighted by molar-refractivity contribution is 5.52. The van der Waals surface area contributed by atoms with E-state index in [0.717, 1.165) is 38.2 Å². The first-order valence-electron chi connectivity index (χ1n) is 6.96. The van der Waals surface area contributed by atoms with E-state index in [1.54, 1.807) is 0 Å². The minimum atomic E-state index is -0.776. The maximum absolute atomic E-state index is 13.4. The third kappa shape index (κ3) is 3.94. The van der Waals surface area contributed by atoms with E-state index < -0.39 is 6.17 Å². The average molecular weight is 267 g/mol. The quantitative estimate of drug-likeness (QED) is 0.801. The van der Waals surface area contributed by atoms with Crippen molar-refractivity contribution in [1.82, 2.24) is 9.97 Å². The lowest BCUT2D eigenvalue weighted by Gasteiger charge is -2.30. The fourth-order valence-electron chi connectivity index (χ4n) is 2.23. The summed E-state index contributed by atoms with van der Waals surface area (Å²) in [6, 6.07) is 1.85. The molecule has 0 spiro atoms. The van der Waals surface area contributed by atoms with Crippen LogP contribution in [-0.2, 0) is 0 Å². The fraction of sp³-hybridized carbons (Fsp3) is 0.692.